The van der Waals surface area contributed by atoms with Crippen LogP contribution in [0, 0.1) is 0 Å². The van der Waals surface area contributed by atoms with E-state index in [1.54, 1.807) is 18.2 Å². The summed E-state index contributed by atoms with van der Waals surface area (Å²) in [6.07, 6.45) is 1.22. The third-order valence-electron chi connectivity index (χ3n) is 4.05. The van der Waals surface area contributed by atoms with Gasteiger partial charge < -0.3 is 14.6 Å². The number of benzene rings is 2. The van der Waals surface area contributed by atoms with Crippen molar-refractivity contribution in [3.05, 3.63) is 53.6 Å². The number of carbonyl (C=O) groups excluding carboxylic acids is 1. The van der Waals surface area contributed by atoms with Crippen LogP contribution in [0.2, 0.25) is 0 Å². The molecular formula is C17H14N2O4. The number of hydrazone groups is 1. The Morgan fingerprint density at radius 3 is 2.83 bits per heavy atom. The average molecular weight is 310 g/mol. The highest BCUT2D eigenvalue weighted by molar-refractivity contribution is 6.04. The summed E-state index contributed by atoms with van der Waals surface area (Å²) in [6, 6.07) is 12.4. The molecule has 2 aliphatic rings. The van der Waals surface area contributed by atoms with Gasteiger partial charge in [0.2, 0.25) is 13.2 Å². The molecule has 0 bridgehead atoms. The minimum Gasteiger partial charge on any atom is -0.507 e. The summed E-state index contributed by atoms with van der Waals surface area (Å²) >= 11 is 0. The van der Waals surface area contributed by atoms with Crippen molar-refractivity contribution in [2.75, 3.05) is 6.79 Å². The fraction of sp³-hybridized carbons (Fsp3) is 0.176. The number of phenols is 1. The summed E-state index contributed by atoms with van der Waals surface area (Å²) in [5, 5.41) is 15.7. The minimum atomic E-state index is -0.225. The molecule has 6 nitrogen and oxygen atoms in total. The molecule has 0 saturated carbocycles. The molecule has 0 aromatic heterocycles. The second-order valence-corrected chi connectivity index (χ2v) is 5.38. The van der Waals surface area contributed by atoms with E-state index in [4.69, 9.17) is 9.47 Å². The van der Waals surface area contributed by atoms with Gasteiger partial charge in [0.25, 0.3) is 0 Å². The Balaban J connectivity index is 1.67. The van der Waals surface area contributed by atoms with Gasteiger partial charge in [0.05, 0.1) is 11.8 Å². The Bertz CT molecular complexity index is 803. The number of aromatic hydroxyl groups is 1. The normalized spacial score (nSPS) is 18.9. The van der Waals surface area contributed by atoms with Gasteiger partial charge in [-0.3, -0.25) is 4.79 Å². The zero-order chi connectivity index (χ0) is 15.8. The molecule has 0 fully saturated rings. The van der Waals surface area contributed by atoms with Gasteiger partial charge in [-0.1, -0.05) is 18.2 Å². The number of ether oxygens (including phenoxy) is 2. The summed E-state index contributed by atoms with van der Waals surface area (Å²) < 4.78 is 10.7. The number of fused-ring (bicyclic) bond motifs is 1. The number of hydrogen-bond donors (Lipinski definition) is 1. The zero-order valence-corrected chi connectivity index (χ0v) is 12.2. The molecule has 1 atom stereocenters. The molecule has 2 aromatic rings. The SMILES string of the molecule is O=CN1N=C(c2ccccc2O)CC1c1ccc2c(c1)OCO2. The second-order valence-electron chi connectivity index (χ2n) is 5.38. The lowest BCUT2D eigenvalue weighted by atomic mass is 9.98. The highest BCUT2D eigenvalue weighted by atomic mass is 16.7. The van der Waals surface area contributed by atoms with E-state index in [0.717, 1.165) is 5.56 Å². The lowest BCUT2D eigenvalue weighted by molar-refractivity contribution is -0.119. The summed E-state index contributed by atoms with van der Waals surface area (Å²) in [5.74, 6) is 1.53. The second kappa shape index (κ2) is 5.31. The molecule has 6 heteroatoms. The van der Waals surface area contributed by atoms with E-state index in [1.165, 1.54) is 5.01 Å². The van der Waals surface area contributed by atoms with Crippen molar-refractivity contribution in [2.45, 2.75) is 12.5 Å². The minimum absolute atomic E-state index is 0.156. The van der Waals surface area contributed by atoms with Crippen molar-refractivity contribution in [2.24, 2.45) is 5.10 Å². The molecule has 4 rings (SSSR count). The van der Waals surface area contributed by atoms with Gasteiger partial charge in [-0.05, 0) is 29.8 Å². The Kier molecular flexibility index (Phi) is 3.15. The highest BCUT2D eigenvalue weighted by Crippen LogP contribution is 2.39. The molecule has 2 heterocycles. The Hall–Kier alpha value is -3.02. The molecule has 0 aliphatic carbocycles. The molecule has 1 amide bonds. The van der Waals surface area contributed by atoms with E-state index in [2.05, 4.69) is 5.10 Å². The van der Waals surface area contributed by atoms with Crippen molar-refractivity contribution in [3.63, 3.8) is 0 Å². The molecular weight excluding hydrogens is 296 g/mol. The predicted octanol–water partition coefficient (Wildman–Crippen LogP) is 2.43. The summed E-state index contributed by atoms with van der Waals surface area (Å²) in [6.45, 7) is 0.209. The molecule has 2 aliphatic heterocycles. The first-order valence-electron chi connectivity index (χ1n) is 7.25. The predicted molar refractivity (Wildman–Crippen MR) is 82.5 cm³/mol. The quantitative estimate of drug-likeness (QED) is 0.884. The molecule has 2 aromatic carbocycles. The third kappa shape index (κ3) is 2.28. The highest BCUT2D eigenvalue weighted by Gasteiger charge is 2.30. The van der Waals surface area contributed by atoms with E-state index in [9.17, 15) is 9.90 Å². The summed E-state index contributed by atoms with van der Waals surface area (Å²) in [4.78, 5) is 11.4. The number of phenolic OH excluding ortho intramolecular Hbond substituents is 1. The van der Waals surface area contributed by atoms with Crippen molar-refractivity contribution in [1.82, 2.24) is 5.01 Å². The van der Waals surface area contributed by atoms with Gasteiger partial charge >= 0.3 is 0 Å². The molecule has 116 valence electrons. The fourth-order valence-corrected chi connectivity index (χ4v) is 2.90. The van der Waals surface area contributed by atoms with Crippen LogP contribution < -0.4 is 9.47 Å². The van der Waals surface area contributed by atoms with Crippen LogP contribution in [-0.4, -0.2) is 29.0 Å². The van der Waals surface area contributed by atoms with Crippen LogP contribution in [0.15, 0.2) is 47.6 Å². The number of amides is 1. The van der Waals surface area contributed by atoms with Crippen molar-refractivity contribution in [1.29, 1.82) is 0 Å². The first-order valence-corrected chi connectivity index (χ1v) is 7.25. The standard InChI is InChI=1S/C17H14N2O4/c20-9-19-14(11-5-6-16-17(7-11)23-10-22-16)8-13(18-19)12-3-1-2-4-15(12)21/h1-7,9,14,21H,8,10H2. The van der Waals surface area contributed by atoms with E-state index in [0.29, 0.717) is 35.6 Å². The molecule has 1 unspecified atom stereocenters. The topological polar surface area (TPSA) is 71.4 Å². The number of nitrogens with zero attached hydrogens (tertiary/aromatic N) is 2. The summed E-state index contributed by atoms with van der Waals surface area (Å²) in [7, 11) is 0. The Labute approximate surface area is 132 Å². The van der Waals surface area contributed by atoms with Gasteiger partial charge in [-0.15, -0.1) is 0 Å². The lowest BCUT2D eigenvalue weighted by Gasteiger charge is -2.17. The fourth-order valence-electron chi connectivity index (χ4n) is 2.90. The van der Waals surface area contributed by atoms with Crippen molar-refractivity contribution >= 4 is 12.1 Å². The van der Waals surface area contributed by atoms with E-state index >= 15 is 0 Å². The summed E-state index contributed by atoms with van der Waals surface area (Å²) in [5.41, 5.74) is 2.23. The van der Waals surface area contributed by atoms with Crippen LogP contribution in [-0.2, 0) is 4.79 Å². The lowest BCUT2D eigenvalue weighted by Crippen LogP contribution is -2.17. The smallest absolute Gasteiger partial charge is 0.231 e. The number of hydrogen-bond acceptors (Lipinski definition) is 5. The van der Waals surface area contributed by atoms with Gasteiger partial charge in [0, 0.05) is 12.0 Å². The number of rotatable bonds is 3. The van der Waals surface area contributed by atoms with Gasteiger partial charge in [-0.2, -0.15) is 5.10 Å². The maximum Gasteiger partial charge on any atom is 0.231 e. The average Bonchev–Trinajstić information content (AvgIpc) is 3.21. The molecule has 1 N–H and O–H groups in total. The molecule has 0 radical (unpaired) electrons. The first kappa shape index (κ1) is 13.6. The monoisotopic (exact) mass is 310 g/mol. The van der Waals surface area contributed by atoms with Gasteiger partial charge in [0.15, 0.2) is 11.5 Å². The molecule has 0 spiro atoms. The number of carbonyl (C=O) groups is 1. The van der Waals surface area contributed by atoms with Crippen molar-refractivity contribution < 1.29 is 19.4 Å². The maximum atomic E-state index is 11.4. The molecule has 23 heavy (non-hydrogen) atoms. The van der Waals surface area contributed by atoms with E-state index in [1.807, 2.05) is 24.3 Å². The zero-order valence-electron chi connectivity index (χ0n) is 12.2. The van der Waals surface area contributed by atoms with Crippen LogP contribution in [0.3, 0.4) is 0 Å². The van der Waals surface area contributed by atoms with Crippen LogP contribution in [0.4, 0.5) is 0 Å². The molecule has 0 saturated heterocycles. The Morgan fingerprint density at radius 1 is 1.17 bits per heavy atom. The Morgan fingerprint density at radius 2 is 2.00 bits per heavy atom. The van der Waals surface area contributed by atoms with Crippen LogP contribution >= 0.6 is 0 Å². The van der Waals surface area contributed by atoms with Crippen LogP contribution in [0.5, 0.6) is 17.2 Å². The maximum absolute atomic E-state index is 11.4. The van der Waals surface area contributed by atoms with Gasteiger partial charge in [-0.25, -0.2) is 5.01 Å². The van der Waals surface area contributed by atoms with E-state index in [-0.39, 0.29) is 18.6 Å². The number of para-hydroxylation sites is 1. The third-order valence-corrected chi connectivity index (χ3v) is 4.05. The van der Waals surface area contributed by atoms with Crippen LogP contribution in [0.1, 0.15) is 23.6 Å². The largest absolute Gasteiger partial charge is 0.507 e. The van der Waals surface area contributed by atoms with Gasteiger partial charge in [0.1, 0.15) is 5.75 Å². The van der Waals surface area contributed by atoms with Crippen molar-refractivity contribution in [3.8, 4) is 17.2 Å². The van der Waals surface area contributed by atoms with E-state index < -0.39 is 0 Å². The van der Waals surface area contributed by atoms with Crippen LogP contribution in [0.25, 0.3) is 0 Å². The first-order chi connectivity index (χ1) is 11.3.